The zero-order valence-electron chi connectivity index (χ0n) is 7.55. The molecule has 0 aromatic rings. The van der Waals surface area contributed by atoms with Crippen LogP contribution in [0.3, 0.4) is 0 Å². The molecule has 0 rings (SSSR count). The van der Waals surface area contributed by atoms with Crippen molar-refractivity contribution >= 4 is 0 Å². The molecule has 0 bridgehead atoms. The second-order valence-corrected chi connectivity index (χ2v) is 2.35. The fourth-order valence-electron chi connectivity index (χ4n) is 0.667. The van der Waals surface area contributed by atoms with Gasteiger partial charge < -0.3 is 4.74 Å². The van der Waals surface area contributed by atoms with E-state index in [0.29, 0.717) is 12.5 Å². The fraction of sp³-hybridized carbons (Fsp3) is 0.600. The van der Waals surface area contributed by atoms with Crippen LogP contribution in [0, 0.1) is 17.8 Å². The van der Waals surface area contributed by atoms with E-state index < -0.39 is 0 Å². The highest BCUT2D eigenvalue weighted by atomic mass is 16.5. The van der Waals surface area contributed by atoms with E-state index in [4.69, 9.17) is 4.74 Å². The normalized spacial score (nSPS) is 12.6. The van der Waals surface area contributed by atoms with Crippen LogP contribution in [0.5, 0.6) is 0 Å². The molecular formula is C10H16O. The van der Waals surface area contributed by atoms with Gasteiger partial charge in [0.05, 0.1) is 6.61 Å². The summed E-state index contributed by atoms with van der Waals surface area (Å²) in [5.41, 5.74) is 0. The summed E-state index contributed by atoms with van der Waals surface area (Å²) in [6, 6.07) is 0. The summed E-state index contributed by atoms with van der Waals surface area (Å²) in [6.45, 7) is 4.81. The van der Waals surface area contributed by atoms with Crippen LogP contribution in [0.15, 0.2) is 12.2 Å². The second-order valence-electron chi connectivity index (χ2n) is 2.35. The van der Waals surface area contributed by atoms with Crippen molar-refractivity contribution in [2.75, 3.05) is 13.7 Å². The fourth-order valence-corrected chi connectivity index (χ4v) is 0.667. The number of hydrogen-bond acceptors (Lipinski definition) is 1. The van der Waals surface area contributed by atoms with E-state index in [1.165, 1.54) is 0 Å². The lowest BCUT2D eigenvalue weighted by Crippen LogP contribution is -1.86. The van der Waals surface area contributed by atoms with Crippen LogP contribution in [0.1, 0.15) is 20.3 Å². The van der Waals surface area contributed by atoms with Gasteiger partial charge in [0.2, 0.25) is 0 Å². The molecule has 1 unspecified atom stereocenters. The van der Waals surface area contributed by atoms with Gasteiger partial charge in [-0.05, 0) is 6.92 Å². The molecule has 1 nitrogen and oxygen atoms in total. The number of rotatable bonds is 3. The first-order chi connectivity index (χ1) is 5.31. The third-order valence-corrected chi connectivity index (χ3v) is 1.19. The van der Waals surface area contributed by atoms with Gasteiger partial charge in [-0.1, -0.05) is 25.0 Å². The minimum atomic E-state index is 0.352. The molecule has 62 valence electrons. The highest BCUT2D eigenvalue weighted by Gasteiger charge is 1.85. The Labute approximate surface area is 69.4 Å². The Balaban J connectivity index is 3.58. The molecule has 0 spiro atoms. The molecule has 0 aliphatic heterocycles. The van der Waals surface area contributed by atoms with Crippen LogP contribution in [-0.2, 0) is 4.74 Å². The molecule has 0 heterocycles. The lowest BCUT2D eigenvalue weighted by atomic mass is 10.2. The van der Waals surface area contributed by atoms with Crippen molar-refractivity contribution in [1.29, 1.82) is 0 Å². The van der Waals surface area contributed by atoms with Gasteiger partial charge in [-0.3, -0.25) is 0 Å². The first-order valence-electron chi connectivity index (χ1n) is 3.95. The molecule has 1 atom stereocenters. The third-order valence-electron chi connectivity index (χ3n) is 1.19. The summed E-state index contributed by atoms with van der Waals surface area (Å²) in [6.07, 6.45) is 4.99. The summed E-state index contributed by atoms with van der Waals surface area (Å²) in [5.74, 6) is 6.48. The third kappa shape index (κ3) is 7.15. The van der Waals surface area contributed by atoms with Crippen LogP contribution in [-0.4, -0.2) is 13.7 Å². The Bertz CT molecular complexity index is 159. The van der Waals surface area contributed by atoms with Gasteiger partial charge in [-0.25, -0.2) is 0 Å². The highest BCUT2D eigenvalue weighted by Crippen LogP contribution is 1.94. The second kappa shape index (κ2) is 7.37. The van der Waals surface area contributed by atoms with Gasteiger partial charge in [0.25, 0.3) is 0 Å². The van der Waals surface area contributed by atoms with Crippen molar-refractivity contribution in [3.8, 4) is 11.8 Å². The summed E-state index contributed by atoms with van der Waals surface area (Å²) >= 11 is 0. The Morgan fingerprint density at radius 3 is 2.82 bits per heavy atom. The molecular weight excluding hydrogens is 136 g/mol. The maximum atomic E-state index is 4.86. The Morgan fingerprint density at radius 2 is 2.27 bits per heavy atom. The molecule has 0 N–H and O–H groups in total. The van der Waals surface area contributed by atoms with Crippen LogP contribution >= 0.6 is 0 Å². The molecule has 0 aromatic heterocycles. The summed E-state index contributed by atoms with van der Waals surface area (Å²) < 4.78 is 4.86. The van der Waals surface area contributed by atoms with E-state index in [0.717, 1.165) is 6.42 Å². The molecule has 0 radical (unpaired) electrons. The van der Waals surface area contributed by atoms with Gasteiger partial charge in [-0.15, -0.1) is 5.92 Å². The molecule has 0 amide bonds. The topological polar surface area (TPSA) is 9.23 Å². The molecule has 11 heavy (non-hydrogen) atoms. The Kier molecular flexibility index (Phi) is 6.87. The maximum Gasteiger partial charge on any atom is 0.0644 e. The number of methoxy groups -OCH3 is 1. The Hall–Kier alpha value is -0.740. The van der Waals surface area contributed by atoms with E-state index in [1.807, 2.05) is 6.08 Å². The van der Waals surface area contributed by atoms with Gasteiger partial charge in [0, 0.05) is 19.4 Å². The predicted molar refractivity (Wildman–Crippen MR) is 48.2 cm³/mol. The first-order valence-corrected chi connectivity index (χ1v) is 3.95. The van der Waals surface area contributed by atoms with Gasteiger partial charge in [0.15, 0.2) is 0 Å². The standard InChI is InChI=1S/C10H16O/c1-4-5-7-10(2)8-6-9-11-3/h6,8,10H,4,9H2,1-3H3. The van der Waals surface area contributed by atoms with Crippen molar-refractivity contribution < 1.29 is 4.74 Å². The molecule has 1 heteroatoms. The molecule has 0 fully saturated rings. The summed E-state index contributed by atoms with van der Waals surface area (Å²) in [5, 5.41) is 0. The summed E-state index contributed by atoms with van der Waals surface area (Å²) in [7, 11) is 1.69. The predicted octanol–water partition coefficient (Wildman–Crippen LogP) is 2.24. The van der Waals surface area contributed by atoms with Crippen molar-refractivity contribution in [3.05, 3.63) is 12.2 Å². The van der Waals surface area contributed by atoms with Crippen LogP contribution < -0.4 is 0 Å². The van der Waals surface area contributed by atoms with Gasteiger partial charge in [0.1, 0.15) is 0 Å². The molecule has 0 saturated heterocycles. The van der Waals surface area contributed by atoms with E-state index in [-0.39, 0.29) is 0 Å². The van der Waals surface area contributed by atoms with Crippen molar-refractivity contribution in [3.63, 3.8) is 0 Å². The van der Waals surface area contributed by atoms with Crippen LogP contribution in [0.25, 0.3) is 0 Å². The quantitative estimate of drug-likeness (QED) is 0.445. The van der Waals surface area contributed by atoms with E-state index in [1.54, 1.807) is 7.11 Å². The lowest BCUT2D eigenvalue weighted by Gasteiger charge is -1.92. The molecule has 0 aliphatic rings. The Morgan fingerprint density at radius 1 is 1.55 bits per heavy atom. The SMILES string of the molecule is CCC#CC(C)C=CCOC. The average Bonchev–Trinajstić information content (AvgIpc) is 2.01. The maximum absolute atomic E-state index is 4.86. The first kappa shape index (κ1) is 10.3. The zero-order chi connectivity index (χ0) is 8.53. The number of hydrogen-bond donors (Lipinski definition) is 0. The smallest absolute Gasteiger partial charge is 0.0644 e. The molecule has 0 aromatic carbocycles. The minimum Gasteiger partial charge on any atom is -0.381 e. The summed E-state index contributed by atoms with van der Waals surface area (Å²) in [4.78, 5) is 0. The van der Waals surface area contributed by atoms with Gasteiger partial charge in [-0.2, -0.15) is 0 Å². The molecule has 0 aliphatic carbocycles. The van der Waals surface area contributed by atoms with E-state index >= 15 is 0 Å². The lowest BCUT2D eigenvalue weighted by molar-refractivity contribution is 0.233. The number of allylic oxidation sites excluding steroid dienone is 1. The monoisotopic (exact) mass is 152 g/mol. The van der Waals surface area contributed by atoms with Crippen molar-refractivity contribution in [1.82, 2.24) is 0 Å². The van der Waals surface area contributed by atoms with Crippen LogP contribution in [0.2, 0.25) is 0 Å². The van der Waals surface area contributed by atoms with E-state index in [2.05, 4.69) is 31.8 Å². The van der Waals surface area contributed by atoms with Crippen molar-refractivity contribution in [2.45, 2.75) is 20.3 Å². The van der Waals surface area contributed by atoms with Crippen molar-refractivity contribution in [2.24, 2.45) is 5.92 Å². The average molecular weight is 152 g/mol. The van der Waals surface area contributed by atoms with Crippen LogP contribution in [0.4, 0.5) is 0 Å². The van der Waals surface area contributed by atoms with E-state index in [9.17, 15) is 0 Å². The largest absolute Gasteiger partial charge is 0.381 e. The zero-order valence-corrected chi connectivity index (χ0v) is 7.55. The minimum absolute atomic E-state index is 0.352. The number of ether oxygens (including phenoxy) is 1. The van der Waals surface area contributed by atoms with Gasteiger partial charge >= 0.3 is 0 Å². The molecule has 0 saturated carbocycles. The highest BCUT2D eigenvalue weighted by molar-refractivity contribution is 5.08.